The quantitative estimate of drug-likeness (QED) is 0.743. The number of aromatic amines is 1. The lowest BCUT2D eigenvalue weighted by molar-refractivity contribution is 0.0751. The second-order valence-corrected chi connectivity index (χ2v) is 5.54. The minimum atomic E-state index is 0.0698. The number of hydrogen-bond acceptors (Lipinski definition) is 2. The Labute approximate surface area is 122 Å². The van der Waals surface area contributed by atoms with Crippen molar-refractivity contribution in [1.29, 1.82) is 0 Å². The van der Waals surface area contributed by atoms with Gasteiger partial charge in [-0.05, 0) is 47.7 Å². The zero-order valence-corrected chi connectivity index (χ0v) is 11.8. The van der Waals surface area contributed by atoms with Crippen LogP contribution in [0, 0.1) is 6.92 Å². The second kappa shape index (κ2) is 4.45. The molecule has 1 amide bonds. The van der Waals surface area contributed by atoms with E-state index in [2.05, 4.69) is 16.0 Å². The lowest BCUT2D eigenvalue weighted by atomic mass is 10.1. The Bertz CT molecular complexity index is 850. The van der Waals surface area contributed by atoms with Gasteiger partial charge < -0.3 is 9.88 Å². The van der Waals surface area contributed by atoms with Crippen LogP contribution in [0.25, 0.3) is 10.9 Å². The fourth-order valence-electron chi connectivity index (χ4n) is 2.91. The maximum absolute atomic E-state index is 12.7. The lowest BCUT2D eigenvalue weighted by Crippen LogP contribution is -2.25. The minimum Gasteiger partial charge on any atom is -0.361 e. The molecule has 4 rings (SSSR count). The summed E-state index contributed by atoms with van der Waals surface area (Å²) in [5, 5.41) is 1.12. The van der Waals surface area contributed by atoms with Crippen molar-refractivity contribution < 1.29 is 4.79 Å². The summed E-state index contributed by atoms with van der Waals surface area (Å²) in [5.74, 6) is 0.0698. The monoisotopic (exact) mass is 277 g/mol. The molecule has 0 atom stereocenters. The van der Waals surface area contributed by atoms with Crippen LogP contribution in [0.3, 0.4) is 0 Å². The van der Waals surface area contributed by atoms with Crippen molar-refractivity contribution in [3.05, 3.63) is 65.1 Å². The van der Waals surface area contributed by atoms with Crippen LogP contribution in [0.5, 0.6) is 0 Å². The summed E-state index contributed by atoms with van der Waals surface area (Å²) in [7, 11) is 0. The number of nitrogens with zero attached hydrogens (tertiary/aromatic N) is 2. The molecular formula is C17H15N3O. The minimum absolute atomic E-state index is 0.0698. The summed E-state index contributed by atoms with van der Waals surface area (Å²) in [6.45, 7) is 3.29. The van der Waals surface area contributed by atoms with Crippen molar-refractivity contribution in [3.63, 3.8) is 0 Å². The molecule has 0 fully saturated rings. The van der Waals surface area contributed by atoms with Crippen molar-refractivity contribution in [3.8, 4) is 0 Å². The molecule has 0 spiro atoms. The first-order chi connectivity index (χ1) is 10.2. The molecule has 0 bridgehead atoms. The van der Waals surface area contributed by atoms with Crippen molar-refractivity contribution in [2.45, 2.75) is 20.0 Å². The standard InChI is InChI=1S/C17H15N3O/c1-11-6-14-9-20(10-15(14)8-19-11)17(21)13-3-2-12-4-5-18-16(12)7-13/h2-8,18H,9-10H2,1H3. The average molecular weight is 277 g/mol. The van der Waals surface area contributed by atoms with Crippen LogP contribution in [0.1, 0.15) is 27.2 Å². The van der Waals surface area contributed by atoms with E-state index in [4.69, 9.17) is 0 Å². The summed E-state index contributed by atoms with van der Waals surface area (Å²) < 4.78 is 0. The third-order valence-electron chi connectivity index (χ3n) is 4.03. The van der Waals surface area contributed by atoms with Crippen LogP contribution in [-0.4, -0.2) is 20.8 Å². The molecule has 1 aromatic carbocycles. The number of carbonyl (C=O) groups is 1. The highest BCUT2D eigenvalue weighted by atomic mass is 16.2. The summed E-state index contributed by atoms with van der Waals surface area (Å²) in [6.07, 6.45) is 3.77. The Hall–Kier alpha value is -2.62. The van der Waals surface area contributed by atoms with E-state index in [1.165, 1.54) is 5.56 Å². The largest absolute Gasteiger partial charge is 0.361 e. The predicted molar refractivity (Wildman–Crippen MR) is 80.9 cm³/mol. The molecule has 0 saturated heterocycles. The molecular weight excluding hydrogens is 262 g/mol. The molecule has 0 saturated carbocycles. The van der Waals surface area contributed by atoms with Gasteiger partial charge >= 0.3 is 0 Å². The average Bonchev–Trinajstić information content (AvgIpc) is 3.11. The topological polar surface area (TPSA) is 49.0 Å². The van der Waals surface area contributed by atoms with Crippen LogP contribution < -0.4 is 0 Å². The van der Waals surface area contributed by atoms with Gasteiger partial charge in [-0.25, -0.2) is 0 Å². The SMILES string of the molecule is Cc1cc2c(cn1)CN(C(=O)c1ccc3cc[nH]c3c1)C2. The van der Waals surface area contributed by atoms with Crippen LogP contribution >= 0.6 is 0 Å². The molecule has 2 aromatic heterocycles. The molecule has 3 heterocycles. The first-order valence-corrected chi connectivity index (χ1v) is 7.01. The van der Waals surface area contributed by atoms with Crippen molar-refractivity contribution in [2.24, 2.45) is 0 Å². The molecule has 1 N–H and O–H groups in total. The van der Waals surface area contributed by atoms with Crippen molar-refractivity contribution >= 4 is 16.8 Å². The number of H-pyrrole nitrogens is 1. The second-order valence-electron chi connectivity index (χ2n) is 5.54. The zero-order chi connectivity index (χ0) is 14.4. The maximum atomic E-state index is 12.7. The van der Waals surface area contributed by atoms with E-state index in [9.17, 15) is 4.79 Å². The summed E-state index contributed by atoms with van der Waals surface area (Å²) in [6, 6.07) is 9.86. The molecule has 0 unspecified atom stereocenters. The lowest BCUT2D eigenvalue weighted by Gasteiger charge is -2.15. The molecule has 1 aliphatic rings. The van der Waals surface area contributed by atoms with Gasteiger partial charge in [0.1, 0.15) is 0 Å². The van der Waals surface area contributed by atoms with Crippen LogP contribution in [0.4, 0.5) is 0 Å². The molecule has 4 nitrogen and oxygen atoms in total. The number of nitrogens with one attached hydrogen (secondary N) is 1. The van der Waals surface area contributed by atoms with Gasteiger partial charge in [-0.3, -0.25) is 9.78 Å². The number of aromatic nitrogens is 2. The molecule has 21 heavy (non-hydrogen) atoms. The first kappa shape index (κ1) is 12.1. The number of carbonyl (C=O) groups excluding carboxylic acids is 1. The van der Waals surface area contributed by atoms with E-state index in [-0.39, 0.29) is 5.91 Å². The van der Waals surface area contributed by atoms with Crippen LogP contribution in [-0.2, 0) is 13.1 Å². The molecule has 1 aliphatic heterocycles. The van der Waals surface area contributed by atoms with Gasteiger partial charge in [0.25, 0.3) is 5.91 Å². The third kappa shape index (κ3) is 2.00. The number of aryl methyl sites for hydroxylation is 1. The Morgan fingerprint density at radius 2 is 2.05 bits per heavy atom. The Kier molecular flexibility index (Phi) is 2.57. The van der Waals surface area contributed by atoms with E-state index in [0.717, 1.165) is 27.7 Å². The number of amides is 1. The van der Waals surface area contributed by atoms with Crippen molar-refractivity contribution in [1.82, 2.24) is 14.9 Å². The highest BCUT2D eigenvalue weighted by Gasteiger charge is 2.24. The Balaban J connectivity index is 1.64. The van der Waals surface area contributed by atoms with E-state index in [0.29, 0.717) is 13.1 Å². The van der Waals surface area contributed by atoms with Crippen molar-refractivity contribution in [2.75, 3.05) is 0 Å². The van der Waals surface area contributed by atoms with Gasteiger partial charge in [0.2, 0.25) is 0 Å². The molecule has 4 heteroatoms. The van der Waals surface area contributed by atoms with Gasteiger partial charge in [-0.15, -0.1) is 0 Å². The number of rotatable bonds is 1. The maximum Gasteiger partial charge on any atom is 0.254 e. The Morgan fingerprint density at radius 3 is 2.95 bits per heavy atom. The Morgan fingerprint density at radius 1 is 1.19 bits per heavy atom. The molecule has 0 aliphatic carbocycles. The van der Waals surface area contributed by atoms with Gasteiger partial charge in [-0.2, -0.15) is 0 Å². The highest BCUT2D eigenvalue weighted by molar-refractivity contribution is 5.98. The summed E-state index contributed by atoms with van der Waals surface area (Å²) in [5.41, 5.74) is 5.07. The number of pyridine rings is 1. The number of hydrogen-bond donors (Lipinski definition) is 1. The van der Waals surface area contributed by atoms with Crippen LogP contribution in [0.2, 0.25) is 0 Å². The van der Waals surface area contributed by atoms with E-state index >= 15 is 0 Å². The van der Waals surface area contributed by atoms with Crippen LogP contribution in [0.15, 0.2) is 42.7 Å². The summed E-state index contributed by atoms with van der Waals surface area (Å²) >= 11 is 0. The predicted octanol–water partition coefficient (Wildman–Crippen LogP) is 3.03. The molecule has 0 radical (unpaired) electrons. The van der Waals surface area contributed by atoms with E-state index in [1.54, 1.807) is 0 Å². The van der Waals surface area contributed by atoms with E-state index in [1.807, 2.05) is 48.5 Å². The third-order valence-corrected chi connectivity index (χ3v) is 4.03. The number of fused-ring (bicyclic) bond motifs is 2. The van der Waals surface area contributed by atoms with Gasteiger partial charge in [0.05, 0.1) is 0 Å². The van der Waals surface area contributed by atoms with E-state index < -0.39 is 0 Å². The van der Waals surface area contributed by atoms with Gasteiger partial charge in [-0.1, -0.05) is 6.07 Å². The highest BCUT2D eigenvalue weighted by Crippen LogP contribution is 2.25. The van der Waals surface area contributed by atoms with Gasteiger partial charge in [0, 0.05) is 42.3 Å². The molecule has 3 aromatic rings. The fourth-order valence-corrected chi connectivity index (χ4v) is 2.91. The first-order valence-electron chi connectivity index (χ1n) is 7.01. The fraction of sp³-hybridized carbons (Fsp3) is 0.176. The zero-order valence-electron chi connectivity index (χ0n) is 11.8. The van der Waals surface area contributed by atoms with Gasteiger partial charge in [0.15, 0.2) is 0 Å². The number of benzene rings is 1. The normalized spacial score (nSPS) is 13.7. The summed E-state index contributed by atoms with van der Waals surface area (Å²) in [4.78, 5) is 22.0. The molecule has 104 valence electrons. The smallest absolute Gasteiger partial charge is 0.254 e.